The average Bonchev–Trinajstić information content (AvgIpc) is 2.25. The second kappa shape index (κ2) is 6.72. The van der Waals surface area contributed by atoms with Gasteiger partial charge in [-0.1, -0.05) is 0 Å². The number of hydrogen-bond acceptors (Lipinski definition) is 4. The lowest BCUT2D eigenvalue weighted by atomic mass is 10.3. The fourth-order valence-corrected chi connectivity index (χ4v) is 1.07. The quantitative estimate of drug-likeness (QED) is 0.690. The van der Waals surface area contributed by atoms with Crippen LogP contribution >= 0.6 is 0 Å². The second-order valence-corrected chi connectivity index (χ2v) is 3.57. The molecular weight excluding hydrogens is 228 g/mol. The monoisotopic (exact) mass is 246 g/mol. The zero-order valence-electron chi connectivity index (χ0n) is 10.5. The third-order valence-corrected chi connectivity index (χ3v) is 2.24. The molecule has 1 unspecified atom stereocenters. The summed E-state index contributed by atoms with van der Waals surface area (Å²) in [5.41, 5.74) is 0. The van der Waals surface area contributed by atoms with Gasteiger partial charge in [-0.2, -0.15) is 0 Å². The number of carboxylic acid groups (broad SMARTS) is 1. The van der Waals surface area contributed by atoms with Crippen LogP contribution in [0.5, 0.6) is 0 Å². The Morgan fingerprint density at radius 3 is 2.24 bits per heavy atom. The Morgan fingerprint density at radius 2 is 1.82 bits per heavy atom. The third-order valence-electron chi connectivity index (χ3n) is 2.24. The first kappa shape index (κ1) is 15.2. The van der Waals surface area contributed by atoms with Gasteiger partial charge in [0.1, 0.15) is 12.6 Å². The van der Waals surface area contributed by atoms with Gasteiger partial charge in [-0.25, -0.2) is 9.59 Å². The van der Waals surface area contributed by atoms with Crippen LogP contribution in [0.3, 0.4) is 0 Å². The summed E-state index contributed by atoms with van der Waals surface area (Å²) in [4.78, 5) is 35.7. The molecule has 0 rings (SSSR count). The van der Waals surface area contributed by atoms with E-state index in [1.54, 1.807) is 6.92 Å². The predicted molar refractivity (Wildman–Crippen MR) is 59.5 cm³/mol. The molecule has 0 aliphatic carbocycles. The number of rotatable bonds is 5. The highest BCUT2D eigenvalue weighted by Crippen LogP contribution is 2.01. The van der Waals surface area contributed by atoms with Gasteiger partial charge in [0, 0.05) is 14.1 Å². The van der Waals surface area contributed by atoms with Crippen LogP contribution in [-0.4, -0.2) is 66.2 Å². The first-order valence-electron chi connectivity index (χ1n) is 5.17. The lowest BCUT2D eigenvalue weighted by Gasteiger charge is -2.26. The van der Waals surface area contributed by atoms with E-state index < -0.39 is 24.0 Å². The van der Waals surface area contributed by atoms with Gasteiger partial charge in [0.15, 0.2) is 0 Å². The van der Waals surface area contributed by atoms with Crippen LogP contribution in [0.15, 0.2) is 0 Å². The number of likely N-dealkylation sites (N-methyl/N-ethyl adjacent to an activating group) is 2. The van der Waals surface area contributed by atoms with E-state index in [-0.39, 0.29) is 13.2 Å². The third kappa shape index (κ3) is 4.71. The van der Waals surface area contributed by atoms with Crippen molar-refractivity contribution in [2.45, 2.75) is 19.9 Å². The molecular formula is C10H18N2O5. The molecule has 0 aliphatic rings. The summed E-state index contributed by atoms with van der Waals surface area (Å²) in [5, 5.41) is 8.75. The maximum absolute atomic E-state index is 11.7. The number of aliphatic carboxylic acids is 1. The minimum Gasteiger partial charge on any atom is -0.480 e. The topological polar surface area (TPSA) is 87.2 Å². The van der Waals surface area contributed by atoms with E-state index in [2.05, 4.69) is 4.74 Å². The van der Waals surface area contributed by atoms with Gasteiger partial charge in [0.2, 0.25) is 0 Å². The molecule has 0 aromatic carbocycles. The summed E-state index contributed by atoms with van der Waals surface area (Å²) < 4.78 is 4.68. The van der Waals surface area contributed by atoms with Crippen molar-refractivity contribution in [1.29, 1.82) is 0 Å². The van der Waals surface area contributed by atoms with Gasteiger partial charge in [-0.05, 0) is 13.8 Å². The summed E-state index contributed by atoms with van der Waals surface area (Å²) in [6.07, 6.45) is 0. The number of carbonyl (C=O) groups excluding carboxylic acids is 2. The van der Waals surface area contributed by atoms with Crippen LogP contribution < -0.4 is 0 Å². The highest BCUT2D eigenvalue weighted by molar-refractivity contribution is 5.84. The molecule has 0 bridgehead atoms. The van der Waals surface area contributed by atoms with Crippen molar-refractivity contribution in [3.63, 3.8) is 0 Å². The number of nitrogens with zero attached hydrogens (tertiary/aromatic N) is 2. The van der Waals surface area contributed by atoms with E-state index in [1.165, 1.54) is 21.0 Å². The van der Waals surface area contributed by atoms with Crippen LogP contribution in [0.2, 0.25) is 0 Å². The molecule has 0 heterocycles. The average molecular weight is 246 g/mol. The first-order chi connectivity index (χ1) is 7.81. The molecule has 2 amide bonds. The number of ether oxygens (including phenoxy) is 1. The Balaban J connectivity index is 4.39. The molecule has 7 heteroatoms. The Hall–Kier alpha value is -1.79. The zero-order chi connectivity index (χ0) is 13.6. The van der Waals surface area contributed by atoms with E-state index in [1.807, 2.05) is 0 Å². The number of hydrogen-bond donors (Lipinski definition) is 1. The molecule has 0 aromatic rings. The Kier molecular flexibility index (Phi) is 6.01. The largest absolute Gasteiger partial charge is 0.480 e. The van der Waals surface area contributed by atoms with E-state index in [4.69, 9.17) is 5.11 Å². The molecule has 1 N–H and O–H groups in total. The van der Waals surface area contributed by atoms with Crippen molar-refractivity contribution in [2.24, 2.45) is 0 Å². The Morgan fingerprint density at radius 1 is 1.29 bits per heavy atom. The summed E-state index contributed by atoms with van der Waals surface area (Å²) >= 11 is 0. The van der Waals surface area contributed by atoms with Gasteiger partial charge in [-0.3, -0.25) is 4.79 Å². The van der Waals surface area contributed by atoms with E-state index in [0.29, 0.717) is 0 Å². The molecule has 0 radical (unpaired) electrons. The van der Waals surface area contributed by atoms with Crippen LogP contribution in [-0.2, 0) is 14.3 Å². The lowest BCUT2D eigenvalue weighted by molar-refractivity contribution is -0.143. The van der Waals surface area contributed by atoms with Gasteiger partial charge >= 0.3 is 18.0 Å². The van der Waals surface area contributed by atoms with Gasteiger partial charge in [0.05, 0.1) is 6.61 Å². The summed E-state index contributed by atoms with van der Waals surface area (Å²) in [6.45, 7) is 3.09. The van der Waals surface area contributed by atoms with Gasteiger partial charge in [-0.15, -0.1) is 0 Å². The van der Waals surface area contributed by atoms with Gasteiger partial charge < -0.3 is 19.6 Å². The second-order valence-electron chi connectivity index (χ2n) is 3.57. The van der Waals surface area contributed by atoms with Crippen molar-refractivity contribution >= 4 is 18.0 Å². The molecule has 0 aromatic heterocycles. The maximum atomic E-state index is 11.7. The molecule has 1 atom stereocenters. The minimum absolute atomic E-state index is 0.205. The number of urea groups is 1. The fraction of sp³-hybridized carbons (Fsp3) is 0.700. The molecule has 98 valence electrons. The molecule has 7 nitrogen and oxygen atoms in total. The Bertz CT molecular complexity index is 305. The van der Waals surface area contributed by atoms with Crippen molar-refractivity contribution in [3.05, 3.63) is 0 Å². The highest BCUT2D eigenvalue weighted by atomic mass is 16.5. The van der Waals surface area contributed by atoms with Crippen molar-refractivity contribution in [1.82, 2.24) is 9.80 Å². The summed E-state index contributed by atoms with van der Waals surface area (Å²) in [7, 11) is 2.77. The van der Waals surface area contributed by atoms with Crippen molar-refractivity contribution < 1.29 is 24.2 Å². The number of esters is 1. The predicted octanol–water partition coefficient (Wildman–Crippen LogP) is 0.00620. The minimum atomic E-state index is -1.11. The smallest absolute Gasteiger partial charge is 0.326 e. The van der Waals surface area contributed by atoms with E-state index >= 15 is 0 Å². The lowest BCUT2D eigenvalue weighted by Crippen LogP contribution is -2.47. The van der Waals surface area contributed by atoms with Crippen LogP contribution in [0, 0.1) is 0 Å². The van der Waals surface area contributed by atoms with E-state index in [9.17, 15) is 14.4 Å². The van der Waals surface area contributed by atoms with E-state index in [0.717, 1.165) is 9.80 Å². The van der Waals surface area contributed by atoms with Crippen LogP contribution in [0.1, 0.15) is 13.8 Å². The molecule has 17 heavy (non-hydrogen) atoms. The van der Waals surface area contributed by atoms with Crippen LogP contribution in [0.25, 0.3) is 0 Å². The molecule has 0 fully saturated rings. The maximum Gasteiger partial charge on any atom is 0.326 e. The summed E-state index contributed by atoms with van der Waals surface area (Å²) in [5.74, 6) is -1.63. The number of carbonyl (C=O) groups is 3. The highest BCUT2D eigenvalue weighted by Gasteiger charge is 2.25. The van der Waals surface area contributed by atoms with Crippen LogP contribution in [0.4, 0.5) is 4.79 Å². The SMILES string of the molecule is CCOC(=O)CN(C)C(=O)N(C)C(C)C(=O)O. The molecule has 0 spiro atoms. The molecule has 0 saturated heterocycles. The molecule has 0 aliphatic heterocycles. The number of amides is 2. The zero-order valence-corrected chi connectivity index (χ0v) is 10.5. The molecule has 0 saturated carbocycles. The first-order valence-corrected chi connectivity index (χ1v) is 5.17. The van der Waals surface area contributed by atoms with Gasteiger partial charge in [0.25, 0.3) is 0 Å². The van der Waals surface area contributed by atoms with Crippen molar-refractivity contribution in [2.75, 3.05) is 27.2 Å². The fourth-order valence-electron chi connectivity index (χ4n) is 1.07. The summed E-state index contributed by atoms with van der Waals surface area (Å²) in [6, 6.07) is -1.50. The number of carboxylic acids is 1. The standard InChI is InChI=1S/C10H18N2O5/c1-5-17-8(13)6-11(3)10(16)12(4)7(2)9(14)15/h7H,5-6H2,1-4H3,(H,14,15). The van der Waals surface area contributed by atoms with Crippen molar-refractivity contribution in [3.8, 4) is 0 Å². The Labute approximate surface area is 99.9 Å². The normalized spacial score (nSPS) is 11.5.